The molecule has 158 valence electrons. The van der Waals surface area contributed by atoms with Crippen LogP contribution >= 0.6 is 0 Å². The lowest BCUT2D eigenvalue weighted by atomic mass is 10.1. The molecule has 4 rings (SSSR count). The van der Waals surface area contributed by atoms with E-state index in [9.17, 15) is 19.1 Å². The van der Waals surface area contributed by atoms with Crippen LogP contribution < -0.4 is 15.6 Å². The Bertz CT molecular complexity index is 1120. The maximum Gasteiger partial charge on any atom is 0.341 e. The lowest BCUT2D eigenvalue weighted by Crippen LogP contribution is -2.43. The number of carbonyl (C=O) groups is 1. The summed E-state index contributed by atoms with van der Waals surface area (Å²) in [6.07, 6.45) is 5.67. The highest BCUT2D eigenvalue weighted by Crippen LogP contribution is 2.24. The van der Waals surface area contributed by atoms with E-state index in [0.29, 0.717) is 19.5 Å². The highest BCUT2D eigenvalue weighted by Gasteiger charge is 2.28. The molecule has 0 spiro atoms. The fraction of sp³-hybridized carbons (Fsp3) is 0.368. The van der Waals surface area contributed by atoms with E-state index in [-0.39, 0.29) is 35.5 Å². The minimum Gasteiger partial charge on any atom is -0.477 e. The zero-order chi connectivity index (χ0) is 21.3. The number of aliphatic hydroxyl groups is 1. The molecule has 11 heteroatoms. The van der Waals surface area contributed by atoms with E-state index in [4.69, 9.17) is 5.11 Å². The summed E-state index contributed by atoms with van der Waals surface area (Å²) in [5.41, 5.74) is -0.206. The van der Waals surface area contributed by atoms with Crippen molar-refractivity contribution in [3.8, 4) is 0 Å². The van der Waals surface area contributed by atoms with E-state index in [1.54, 1.807) is 17.4 Å². The van der Waals surface area contributed by atoms with Gasteiger partial charge in [0, 0.05) is 49.7 Å². The number of rotatable bonds is 7. The molecule has 30 heavy (non-hydrogen) atoms. The number of halogens is 1. The van der Waals surface area contributed by atoms with E-state index in [0.717, 1.165) is 24.4 Å². The molecule has 0 aromatic carbocycles. The summed E-state index contributed by atoms with van der Waals surface area (Å²) in [6.45, 7) is 0.977. The number of hydrogen-bond acceptors (Lipinski definition) is 7. The molecular weight excluding hydrogens is 395 g/mol. The molecule has 2 atom stereocenters. The number of nitrogens with one attached hydrogen (secondary N) is 3. The lowest BCUT2D eigenvalue weighted by Gasteiger charge is -2.22. The minimum absolute atomic E-state index is 0.0235. The first-order valence-electron chi connectivity index (χ1n) is 9.50. The predicted octanol–water partition coefficient (Wildman–Crippen LogP) is 0.255. The molecule has 5 N–H and O–H groups in total. The second-order valence-corrected chi connectivity index (χ2v) is 7.29. The van der Waals surface area contributed by atoms with Gasteiger partial charge in [0.15, 0.2) is 11.6 Å². The van der Waals surface area contributed by atoms with Gasteiger partial charge in [-0.05, 0) is 12.5 Å². The Balaban J connectivity index is 1.50. The van der Waals surface area contributed by atoms with Gasteiger partial charge in [-0.1, -0.05) is 0 Å². The van der Waals surface area contributed by atoms with Crippen molar-refractivity contribution in [2.24, 2.45) is 0 Å². The Morgan fingerprint density at radius 2 is 2.27 bits per heavy atom. The van der Waals surface area contributed by atoms with Crippen LogP contribution in [0.25, 0.3) is 11.0 Å². The molecule has 0 aliphatic carbocycles. The van der Waals surface area contributed by atoms with E-state index in [2.05, 4.69) is 25.3 Å². The molecule has 10 nitrogen and oxygen atoms in total. The van der Waals surface area contributed by atoms with Crippen LogP contribution in [-0.4, -0.2) is 67.9 Å². The van der Waals surface area contributed by atoms with Crippen LogP contribution in [0.4, 0.5) is 10.2 Å². The molecule has 1 aliphatic rings. The van der Waals surface area contributed by atoms with Gasteiger partial charge in [0.05, 0.1) is 18.3 Å². The number of aromatic carboxylic acids is 1. The number of carboxylic acid groups (broad SMARTS) is 1. The third kappa shape index (κ3) is 3.89. The number of pyridine rings is 2. The Hall–Kier alpha value is -3.31. The van der Waals surface area contributed by atoms with Gasteiger partial charge in [-0.2, -0.15) is 0 Å². The van der Waals surface area contributed by atoms with Crippen LogP contribution in [0, 0.1) is 5.82 Å². The van der Waals surface area contributed by atoms with Crippen molar-refractivity contribution in [3.05, 3.63) is 52.1 Å². The van der Waals surface area contributed by atoms with Gasteiger partial charge in [0.25, 0.3) is 0 Å². The summed E-state index contributed by atoms with van der Waals surface area (Å²) in [5.74, 6) is -1.98. The largest absolute Gasteiger partial charge is 0.477 e. The molecule has 1 fully saturated rings. The van der Waals surface area contributed by atoms with Gasteiger partial charge in [0.2, 0.25) is 5.43 Å². The number of aromatic nitrogens is 4. The fourth-order valence-corrected chi connectivity index (χ4v) is 3.75. The maximum atomic E-state index is 14.7. The number of aliphatic hydroxyl groups excluding tert-OH is 1. The highest BCUT2D eigenvalue weighted by molar-refractivity contribution is 5.91. The molecular formula is C19H21FN6O4. The molecule has 0 amide bonds. The summed E-state index contributed by atoms with van der Waals surface area (Å²) in [5, 5.41) is 22.0. The van der Waals surface area contributed by atoms with E-state index in [1.165, 1.54) is 0 Å². The summed E-state index contributed by atoms with van der Waals surface area (Å²) >= 11 is 0. The molecule has 1 unspecified atom stereocenters. The second kappa shape index (κ2) is 8.20. The molecule has 0 radical (unpaired) electrons. The van der Waals surface area contributed by atoms with Crippen LogP contribution in [-0.2, 0) is 6.42 Å². The molecule has 0 saturated carbocycles. The first kappa shape index (κ1) is 20.0. The molecule has 0 bridgehead atoms. The highest BCUT2D eigenvalue weighted by atomic mass is 19.1. The number of anilines is 1. The predicted molar refractivity (Wildman–Crippen MR) is 106 cm³/mol. The van der Waals surface area contributed by atoms with E-state index >= 15 is 0 Å². The first-order chi connectivity index (χ1) is 14.5. The fourth-order valence-electron chi connectivity index (χ4n) is 3.75. The molecule has 3 aromatic rings. The van der Waals surface area contributed by atoms with E-state index < -0.39 is 22.8 Å². The maximum absolute atomic E-state index is 14.7. The number of imidazole rings is 1. The summed E-state index contributed by atoms with van der Waals surface area (Å²) in [6, 6.07) is 0.879. The van der Waals surface area contributed by atoms with Crippen molar-refractivity contribution in [2.45, 2.75) is 24.9 Å². The smallest absolute Gasteiger partial charge is 0.341 e. The molecule has 3 aromatic heterocycles. The summed E-state index contributed by atoms with van der Waals surface area (Å²) < 4.78 is 14.7. The number of nitrogens with zero attached hydrogens (tertiary/aromatic N) is 3. The van der Waals surface area contributed by atoms with Gasteiger partial charge in [-0.25, -0.2) is 19.2 Å². The van der Waals surface area contributed by atoms with Crippen LogP contribution in [0.1, 0.15) is 22.5 Å². The van der Waals surface area contributed by atoms with Gasteiger partial charge in [-0.3, -0.25) is 4.79 Å². The average Bonchev–Trinajstić information content (AvgIpc) is 3.39. The summed E-state index contributed by atoms with van der Waals surface area (Å²) in [4.78, 5) is 39.0. The Morgan fingerprint density at radius 3 is 2.97 bits per heavy atom. The van der Waals surface area contributed by atoms with Crippen LogP contribution in [0.2, 0.25) is 0 Å². The summed E-state index contributed by atoms with van der Waals surface area (Å²) in [7, 11) is 0. The lowest BCUT2D eigenvalue weighted by molar-refractivity contribution is 0.0695. The van der Waals surface area contributed by atoms with Crippen LogP contribution in [0.3, 0.4) is 0 Å². The SMILES string of the molecule is O=C(O)c1c[nH]c2nc(N3CCC(N[C@H](CO)Cc4cnc[nH]4)C3)c(F)cc2c1=O. The number of H-pyrrole nitrogens is 2. The second-order valence-electron chi connectivity index (χ2n) is 7.29. The number of aromatic amines is 2. The Morgan fingerprint density at radius 1 is 1.43 bits per heavy atom. The molecule has 1 saturated heterocycles. The van der Waals surface area contributed by atoms with Crippen molar-refractivity contribution in [3.63, 3.8) is 0 Å². The van der Waals surface area contributed by atoms with Gasteiger partial charge >= 0.3 is 5.97 Å². The zero-order valence-corrected chi connectivity index (χ0v) is 15.9. The van der Waals surface area contributed by atoms with Crippen molar-refractivity contribution in [1.29, 1.82) is 0 Å². The molecule has 4 heterocycles. The van der Waals surface area contributed by atoms with Gasteiger partial charge in [0.1, 0.15) is 11.2 Å². The Kier molecular flexibility index (Phi) is 5.46. The van der Waals surface area contributed by atoms with Crippen molar-refractivity contribution in [1.82, 2.24) is 25.3 Å². The van der Waals surface area contributed by atoms with Crippen molar-refractivity contribution >= 4 is 22.8 Å². The average molecular weight is 416 g/mol. The number of hydrogen-bond donors (Lipinski definition) is 5. The zero-order valence-electron chi connectivity index (χ0n) is 15.9. The minimum atomic E-state index is -1.38. The quantitative estimate of drug-likeness (QED) is 0.368. The van der Waals surface area contributed by atoms with Crippen molar-refractivity contribution in [2.75, 3.05) is 24.6 Å². The Labute approximate surface area is 169 Å². The molecule has 1 aliphatic heterocycles. The normalized spacial score (nSPS) is 17.5. The van der Waals surface area contributed by atoms with Crippen molar-refractivity contribution < 1.29 is 19.4 Å². The van der Waals surface area contributed by atoms with Crippen LogP contribution in [0.15, 0.2) is 29.6 Å². The first-order valence-corrected chi connectivity index (χ1v) is 9.50. The third-order valence-electron chi connectivity index (χ3n) is 5.23. The number of carboxylic acids is 1. The van der Waals surface area contributed by atoms with E-state index in [1.807, 2.05) is 0 Å². The van der Waals surface area contributed by atoms with Gasteiger partial charge in [-0.15, -0.1) is 0 Å². The monoisotopic (exact) mass is 416 g/mol. The standard InChI is InChI=1S/C19H21FN6O4/c20-15-4-13-16(28)14(19(29)30)6-22-17(13)25-18(15)26-2-1-10(7-26)24-12(8-27)3-11-5-21-9-23-11/h4-6,9-10,12,24,27H,1-3,7-8H2,(H,21,23)(H,29,30)(H,22,25,28)/t10?,12-/m0/s1. The third-order valence-corrected chi connectivity index (χ3v) is 5.23. The van der Waals surface area contributed by atoms with Gasteiger partial charge < -0.3 is 30.4 Å². The number of fused-ring (bicyclic) bond motifs is 1. The topological polar surface area (TPSA) is 147 Å². The van der Waals surface area contributed by atoms with Crippen LogP contribution in [0.5, 0.6) is 0 Å².